The van der Waals surface area contributed by atoms with Gasteiger partial charge in [0.15, 0.2) is 0 Å². The van der Waals surface area contributed by atoms with E-state index in [1.54, 1.807) is 0 Å². The molecule has 0 aliphatic carbocycles. The number of rotatable bonds is 6. The molecule has 2 heteroatoms. The highest BCUT2D eigenvalue weighted by molar-refractivity contribution is 6.23. The first-order valence-corrected chi connectivity index (χ1v) is 17.8. The van der Waals surface area contributed by atoms with E-state index in [9.17, 15) is 0 Å². The number of nitrogens with zero attached hydrogens (tertiary/aromatic N) is 1. The third kappa shape index (κ3) is 5.04. The van der Waals surface area contributed by atoms with Crippen LogP contribution < -0.4 is 4.90 Å². The van der Waals surface area contributed by atoms with Gasteiger partial charge in [-0.1, -0.05) is 164 Å². The number of hydrogen-bond donors (Lipinski definition) is 0. The summed E-state index contributed by atoms with van der Waals surface area (Å²) < 4.78 is 6.82. The lowest BCUT2D eigenvalue weighted by atomic mass is 9.94. The van der Waals surface area contributed by atoms with E-state index in [0.29, 0.717) is 0 Å². The summed E-state index contributed by atoms with van der Waals surface area (Å²) in [6.07, 6.45) is 0. The Bertz CT molecular complexity index is 2900. The van der Waals surface area contributed by atoms with Gasteiger partial charge in [-0.3, -0.25) is 0 Å². The van der Waals surface area contributed by atoms with E-state index in [-0.39, 0.29) is 0 Å². The Morgan fingerprint density at radius 3 is 1.71 bits per heavy atom. The fourth-order valence-corrected chi connectivity index (χ4v) is 7.82. The largest absolute Gasteiger partial charge is 0.455 e. The van der Waals surface area contributed by atoms with Crippen LogP contribution >= 0.6 is 0 Å². The van der Waals surface area contributed by atoms with Crippen molar-refractivity contribution < 1.29 is 4.42 Å². The van der Waals surface area contributed by atoms with Crippen molar-refractivity contribution in [3.63, 3.8) is 0 Å². The third-order valence-corrected chi connectivity index (χ3v) is 10.2. The minimum Gasteiger partial charge on any atom is -0.455 e. The smallest absolute Gasteiger partial charge is 0.143 e. The molecule has 244 valence electrons. The molecule has 0 unspecified atom stereocenters. The van der Waals surface area contributed by atoms with Crippen LogP contribution in [0.15, 0.2) is 205 Å². The lowest BCUT2D eigenvalue weighted by molar-refractivity contribution is 0.673. The summed E-state index contributed by atoms with van der Waals surface area (Å²) in [5, 5.41) is 6.80. The molecule has 9 aromatic carbocycles. The minimum absolute atomic E-state index is 0.878. The second-order valence-corrected chi connectivity index (χ2v) is 13.3. The van der Waals surface area contributed by atoms with E-state index in [0.717, 1.165) is 60.9 Å². The highest BCUT2D eigenvalue weighted by Crippen LogP contribution is 2.48. The maximum Gasteiger partial charge on any atom is 0.143 e. The molecule has 0 saturated heterocycles. The first-order valence-electron chi connectivity index (χ1n) is 17.8. The Labute approximate surface area is 302 Å². The predicted octanol–water partition coefficient (Wildman–Crippen LogP) is 14.4. The van der Waals surface area contributed by atoms with E-state index in [2.05, 4.69) is 205 Å². The Morgan fingerprint density at radius 2 is 0.923 bits per heavy atom. The quantitative estimate of drug-likeness (QED) is 0.176. The number of furan rings is 1. The maximum atomic E-state index is 6.82. The van der Waals surface area contributed by atoms with Crippen LogP contribution in [0.2, 0.25) is 0 Å². The van der Waals surface area contributed by atoms with Crippen LogP contribution in [-0.2, 0) is 0 Å². The van der Waals surface area contributed by atoms with Gasteiger partial charge in [-0.15, -0.1) is 0 Å². The van der Waals surface area contributed by atoms with Gasteiger partial charge in [0.1, 0.15) is 11.2 Å². The normalized spacial score (nSPS) is 11.5. The van der Waals surface area contributed by atoms with Crippen LogP contribution in [-0.4, -0.2) is 0 Å². The molecule has 0 amide bonds. The number of hydrogen-bond acceptors (Lipinski definition) is 2. The van der Waals surface area contributed by atoms with Crippen LogP contribution in [0.5, 0.6) is 0 Å². The minimum atomic E-state index is 0.878. The van der Waals surface area contributed by atoms with E-state index < -0.39 is 0 Å². The predicted molar refractivity (Wildman–Crippen MR) is 220 cm³/mol. The highest BCUT2D eigenvalue weighted by Gasteiger charge is 2.23. The van der Waals surface area contributed by atoms with Crippen LogP contribution in [0.3, 0.4) is 0 Å². The van der Waals surface area contributed by atoms with E-state index in [1.165, 1.54) is 33.0 Å². The zero-order valence-electron chi connectivity index (χ0n) is 28.4. The maximum absolute atomic E-state index is 6.82. The van der Waals surface area contributed by atoms with Crippen molar-refractivity contribution in [1.29, 1.82) is 0 Å². The molecule has 2 nitrogen and oxygen atoms in total. The molecule has 10 rings (SSSR count). The van der Waals surface area contributed by atoms with Gasteiger partial charge in [0, 0.05) is 32.6 Å². The van der Waals surface area contributed by atoms with Crippen molar-refractivity contribution in [3.05, 3.63) is 200 Å². The molecule has 1 heterocycles. The van der Waals surface area contributed by atoms with Gasteiger partial charge in [0.25, 0.3) is 0 Å². The summed E-state index contributed by atoms with van der Waals surface area (Å²) in [4.78, 5) is 2.44. The molecular weight excluding hydrogens is 631 g/mol. The van der Waals surface area contributed by atoms with Crippen molar-refractivity contribution in [2.75, 3.05) is 4.90 Å². The summed E-state index contributed by atoms with van der Waals surface area (Å²) >= 11 is 0. The Hall–Kier alpha value is -6.90. The fraction of sp³-hybridized carbons (Fsp3) is 0. The molecule has 0 atom stereocenters. The molecule has 52 heavy (non-hydrogen) atoms. The molecule has 0 bridgehead atoms. The van der Waals surface area contributed by atoms with Gasteiger partial charge < -0.3 is 9.32 Å². The van der Waals surface area contributed by atoms with Crippen molar-refractivity contribution in [3.8, 4) is 33.4 Å². The Morgan fingerprint density at radius 1 is 0.346 bits per heavy atom. The summed E-state index contributed by atoms with van der Waals surface area (Å²) in [6.45, 7) is 0. The van der Waals surface area contributed by atoms with Gasteiger partial charge in [-0.2, -0.15) is 0 Å². The molecule has 10 aromatic rings. The SMILES string of the molecule is c1ccc(-c2cccc(-c3cccc4oc5c6ccccc6c(N(c6cccc(-c7ccccc7)c6)c6cccc7ccccc67)cc5c34)c2)cc1. The second kappa shape index (κ2) is 12.5. The molecular formula is C50H33NO. The summed E-state index contributed by atoms with van der Waals surface area (Å²) in [5.41, 5.74) is 12.1. The second-order valence-electron chi connectivity index (χ2n) is 13.3. The summed E-state index contributed by atoms with van der Waals surface area (Å²) in [6, 6.07) is 71.6. The molecule has 0 radical (unpaired) electrons. The van der Waals surface area contributed by atoms with Gasteiger partial charge >= 0.3 is 0 Å². The van der Waals surface area contributed by atoms with Gasteiger partial charge in [0.2, 0.25) is 0 Å². The average molecular weight is 664 g/mol. The zero-order chi connectivity index (χ0) is 34.4. The van der Waals surface area contributed by atoms with Crippen LogP contribution in [0.1, 0.15) is 0 Å². The standard InChI is InChI=1S/C50H33NO/c1-3-15-34(16-4-1)37-21-11-23-39(31-37)42-28-14-30-48-49(42)45-33-47(43-26-9-10-27-44(43)50(45)52-48)51(46-29-13-20-36-19-7-8-25-41(36)46)40-24-12-22-38(32-40)35-17-5-2-6-18-35/h1-33H. The van der Waals surface area contributed by atoms with Gasteiger partial charge in [-0.05, 0) is 75.2 Å². The van der Waals surface area contributed by atoms with Crippen molar-refractivity contribution in [1.82, 2.24) is 0 Å². The molecule has 0 N–H and O–H groups in total. The summed E-state index contributed by atoms with van der Waals surface area (Å²) in [5.74, 6) is 0. The number of benzene rings is 9. The first-order chi connectivity index (χ1) is 25.8. The molecule has 0 fully saturated rings. The lowest BCUT2D eigenvalue weighted by Gasteiger charge is -2.28. The number of anilines is 3. The van der Waals surface area contributed by atoms with Crippen molar-refractivity contribution in [2.24, 2.45) is 0 Å². The van der Waals surface area contributed by atoms with E-state index in [1.807, 2.05) is 0 Å². The van der Waals surface area contributed by atoms with E-state index in [4.69, 9.17) is 4.42 Å². The average Bonchev–Trinajstić information content (AvgIpc) is 3.61. The molecule has 0 spiro atoms. The van der Waals surface area contributed by atoms with Gasteiger partial charge in [0.05, 0.1) is 11.4 Å². The lowest BCUT2D eigenvalue weighted by Crippen LogP contribution is -2.11. The number of fused-ring (bicyclic) bond motifs is 6. The highest BCUT2D eigenvalue weighted by atomic mass is 16.3. The fourth-order valence-electron chi connectivity index (χ4n) is 7.82. The monoisotopic (exact) mass is 663 g/mol. The van der Waals surface area contributed by atoms with Crippen LogP contribution in [0, 0.1) is 0 Å². The zero-order valence-corrected chi connectivity index (χ0v) is 28.4. The van der Waals surface area contributed by atoms with Crippen molar-refractivity contribution >= 4 is 60.5 Å². The first kappa shape index (κ1) is 30.0. The van der Waals surface area contributed by atoms with E-state index >= 15 is 0 Å². The topological polar surface area (TPSA) is 16.4 Å². The Kier molecular flexibility index (Phi) is 7.18. The summed E-state index contributed by atoms with van der Waals surface area (Å²) in [7, 11) is 0. The van der Waals surface area contributed by atoms with Crippen molar-refractivity contribution in [2.45, 2.75) is 0 Å². The van der Waals surface area contributed by atoms with Crippen LogP contribution in [0.25, 0.3) is 76.9 Å². The molecule has 0 aliphatic rings. The molecule has 0 saturated carbocycles. The van der Waals surface area contributed by atoms with Crippen LogP contribution in [0.4, 0.5) is 17.1 Å². The third-order valence-electron chi connectivity index (χ3n) is 10.2. The van der Waals surface area contributed by atoms with Gasteiger partial charge in [-0.25, -0.2) is 0 Å². The Balaban J connectivity index is 1.27. The molecule has 0 aliphatic heterocycles. The molecule has 1 aromatic heterocycles.